The van der Waals surface area contributed by atoms with Crippen LogP contribution in [0.1, 0.15) is 26.3 Å². The van der Waals surface area contributed by atoms with Crippen molar-refractivity contribution in [1.29, 1.82) is 0 Å². The zero-order chi connectivity index (χ0) is 12.5. The molecule has 0 fully saturated rings. The lowest BCUT2D eigenvalue weighted by atomic mass is 9.91. The Morgan fingerprint density at radius 2 is 2.12 bits per heavy atom. The lowest BCUT2D eigenvalue weighted by Gasteiger charge is -2.14. The topological polar surface area (TPSA) is 78.0 Å². The molecule has 0 aliphatic rings. The summed E-state index contributed by atoms with van der Waals surface area (Å²) in [7, 11) is 0. The number of aryl methyl sites for hydroxylation is 1. The van der Waals surface area contributed by atoms with Crippen LogP contribution >= 0.6 is 0 Å². The monoisotopic (exact) mass is 225 g/mol. The Hall–Kier alpha value is -1.72. The third kappa shape index (κ3) is 2.65. The summed E-state index contributed by atoms with van der Waals surface area (Å²) in [6, 6.07) is 0. The lowest BCUT2D eigenvalue weighted by molar-refractivity contribution is -0.390. The number of ketones is 1. The Bertz CT molecular complexity index is 429. The van der Waals surface area contributed by atoms with Crippen LogP contribution in [0, 0.1) is 22.5 Å². The fourth-order valence-electron chi connectivity index (χ4n) is 1.16. The number of nitro groups is 1. The first-order chi connectivity index (χ1) is 7.21. The second-order valence-electron chi connectivity index (χ2n) is 4.76. The molecule has 1 aromatic heterocycles. The first-order valence-electron chi connectivity index (χ1n) is 4.93. The molecular weight excluding hydrogens is 210 g/mol. The van der Waals surface area contributed by atoms with Crippen molar-refractivity contribution in [2.75, 3.05) is 0 Å². The van der Waals surface area contributed by atoms with Crippen LogP contribution in [0.4, 0.5) is 5.82 Å². The maximum absolute atomic E-state index is 11.7. The van der Waals surface area contributed by atoms with Gasteiger partial charge in [0.15, 0.2) is 5.78 Å². The van der Waals surface area contributed by atoms with Crippen molar-refractivity contribution in [2.45, 2.75) is 34.2 Å². The van der Waals surface area contributed by atoms with Crippen molar-refractivity contribution in [1.82, 2.24) is 9.78 Å². The molecule has 0 unspecified atom stereocenters. The van der Waals surface area contributed by atoms with E-state index >= 15 is 0 Å². The highest BCUT2D eigenvalue weighted by Gasteiger charge is 2.24. The zero-order valence-electron chi connectivity index (χ0n) is 9.85. The SMILES string of the molecule is Cc1cn(CC(=O)C(C)(C)C)nc1[N+](=O)[O-]. The van der Waals surface area contributed by atoms with Gasteiger partial charge in [-0.3, -0.25) is 4.79 Å². The molecule has 1 rings (SSSR count). The second kappa shape index (κ2) is 4.03. The minimum atomic E-state index is -0.548. The van der Waals surface area contributed by atoms with Gasteiger partial charge < -0.3 is 10.1 Å². The normalized spacial score (nSPS) is 11.5. The Morgan fingerprint density at radius 3 is 2.50 bits per heavy atom. The van der Waals surface area contributed by atoms with Crippen molar-refractivity contribution in [3.8, 4) is 0 Å². The molecule has 0 bridgehead atoms. The highest BCUT2D eigenvalue weighted by Crippen LogP contribution is 2.18. The van der Waals surface area contributed by atoms with Gasteiger partial charge in [0.25, 0.3) is 0 Å². The van der Waals surface area contributed by atoms with E-state index in [0.29, 0.717) is 5.56 Å². The first kappa shape index (κ1) is 12.4. The van der Waals surface area contributed by atoms with Gasteiger partial charge in [-0.2, -0.15) is 4.68 Å². The summed E-state index contributed by atoms with van der Waals surface area (Å²) in [4.78, 5) is 21.7. The van der Waals surface area contributed by atoms with Gasteiger partial charge in [0.2, 0.25) is 0 Å². The molecule has 1 aromatic rings. The van der Waals surface area contributed by atoms with Gasteiger partial charge in [-0.15, -0.1) is 0 Å². The molecule has 6 heteroatoms. The van der Waals surface area contributed by atoms with Crippen LogP contribution in [0.15, 0.2) is 6.20 Å². The number of hydrogen-bond donors (Lipinski definition) is 0. The van der Waals surface area contributed by atoms with Gasteiger partial charge >= 0.3 is 5.82 Å². The standard InChI is InChI=1S/C10H15N3O3/c1-7-5-12(11-9(7)13(15)16)6-8(14)10(2,3)4/h5H,6H2,1-4H3. The predicted molar refractivity (Wildman–Crippen MR) is 58.1 cm³/mol. The summed E-state index contributed by atoms with van der Waals surface area (Å²) >= 11 is 0. The van der Waals surface area contributed by atoms with Gasteiger partial charge in [0.05, 0.1) is 16.9 Å². The molecule has 88 valence electrons. The van der Waals surface area contributed by atoms with Crippen molar-refractivity contribution in [3.63, 3.8) is 0 Å². The Morgan fingerprint density at radius 1 is 1.56 bits per heavy atom. The van der Waals surface area contributed by atoms with Crippen LogP contribution in [0.3, 0.4) is 0 Å². The predicted octanol–water partition coefficient (Wildman–Crippen LogP) is 1.71. The Balaban J connectivity index is 2.88. The summed E-state index contributed by atoms with van der Waals surface area (Å²) in [6.07, 6.45) is 1.52. The molecule has 6 nitrogen and oxygen atoms in total. The van der Waals surface area contributed by atoms with Crippen LogP contribution in [0.5, 0.6) is 0 Å². The number of carbonyl (C=O) groups is 1. The van der Waals surface area contributed by atoms with Gasteiger partial charge in [0, 0.05) is 5.41 Å². The van der Waals surface area contributed by atoms with E-state index in [-0.39, 0.29) is 18.1 Å². The fraction of sp³-hybridized carbons (Fsp3) is 0.600. The van der Waals surface area contributed by atoms with Crippen LogP contribution in [-0.2, 0) is 11.3 Å². The summed E-state index contributed by atoms with van der Waals surface area (Å²) in [5.41, 5.74) is 0.000889. The Labute approximate surface area is 93.4 Å². The number of aromatic nitrogens is 2. The molecule has 0 spiro atoms. The highest BCUT2D eigenvalue weighted by atomic mass is 16.6. The van der Waals surface area contributed by atoms with Crippen molar-refractivity contribution in [3.05, 3.63) is 21.9 Å². The van der Waals surface area contributed by atoms with Gasteiger partial charge in [0.1, 0.15) is 6.54 Å². The smallest absolute Gasteiger partial charge is 0.358 e. The summed E-state index contributed by atoms with van der Waals surface area (Å²) in [6.45, 7) is 7.09. The van der Waals surface area contributed by atoms with Crippen LogP contribution in [0.2, 0.25) is 0 Å². The van der Waals surface area contributed by atoms with E-state index in [9.17, 15) is 14.9 Å². The maximum atomic E-state index is 11.7. The molecule has 0 aliphatic carbocycles. The zero-order valence-corrected chi connectivity index (χ0v) is 9.85. The molecule has 0 amide bonds. The average molecular weight is 225 g/mol. The number of carbonyl (C=O) groups excluding carboxylic acids is 1. The number of Topliss-reactive ketones (excluding diaryl/α,β-unsaturated/α-hetero) is 1. The highest BCUT2D eigenvalue weighted by molar-refractivity contribution is 5.83. The van der Waals surface area contributed by atoms with Gasteiger partial charge in [-0.05, 0) is 11.8 Å². The van der Waals surface area contributed by atoms with Crippen molar-refractivity contribution in [2.24, 2.45) is 5.41 Å². The van der Waals surface area contributed by atoms with E-state index in [0.717, 1.165) is 0 Å². The largest absolute Gasteiger partial charge is 0.392 e. The van der Waals surface area contributed by atoms with E-state index in [1.165, 1.54) is 10.9 Å². The molecule has 0 aliphatic heterocycles. The van der Waals surface area contributed by atoms with E-state index < -0.39 is 10.3 Å². The third-order valence-electron chi connectivity index (χ3n) is 2.23. The molecule has 0 saturated heterocycles. The summed E-state index contributed by atoms with van der Waals surface area (Å²) in [5.74, 6) is -0.202. The fourth-order valence-corrected chi connectivity index (χ4v) is 1.16. The molecule has 0 saturated carbocycles. The average Bonchev–Trinajstić information content (AvgIpc) is 2.45. The molecule has 0 aromatic carbocycles. The number of hydrogen-bond acceptors (Lipinski definition) is 4. The van der Waals surface area contributed by atoms with Crippen LogP contribution in [0.25, 0.3) is 0 Å². The minimum Gasteiger partial charge on any atom is -0.358 e. The maximum Gasteiger partial charge on any atom is 0.392 e. The summed E-state index contributed by atoms with van der Waals surface area (Å²) in [5, 5.41) is 14.3. The van der Waals surface area contributed by atoms with Gasteiger partial charge in [-0.1, -0.05) is 20.8 Å². The van der Waals surface area contributed by atoms with Crippen molar-refractivity contribution < 1.29 is 9.72 Å². The quantitative estimate of drug-likeness (QED) is 0.579. The first-order valence-corrected chi connectivity index (χ1v) is 4.93. The van der Waals surface area contributed by atoms with Crippen LogP contribution < -0.4 is 0 Å². The third-order valence-corrected chi connectivity index (χ3v) is 2.23. The van der Waals surface area contributed by atoms with E-state index in [1.807, 2.05) is 0 Å². The molecule has 0 radical (unpaired) electrons. The molecule has 1 heterocycles. The molecular formula is C10H15N3O3. The van der Waals surface area contributed by atoms with Gasteiger partial charge in [-0.25, -0.2) is 0 Å². The number of nitrogens with zero attached hydrogens (tertiary/aromatic N) is 3. The Kier molecular flexibility index (Phi) is 3.11. The van der Waals surface area contributed by atoms with E-state index in [2.05, 4.69) is 5.10 Å². The van der Waals surface area contributed by atoms with Crippen LogP contribution in [-0.4, -0.2) is 20.5 Å². The summed E-state index contributed by atoms with van der Waals surface area (Å²) < 4.78 is 1.32. The lowest BCUT2D eigenvalue weighted by Crippen LogP contribution is -2.25. The number of rotatable bonds is 3. The molecule has 0 N–H and O–H groups in total. The van der Waals surface area contributed by atoms with E-state index in [4.69, 9.17) is 0 Å². The van der Waals surface area contributed by atoms with Crippen molar-refractivity contribution >= 4 is 11.6 Å². The minimum absolute atomic E-state index is 0.00935. The van der Waals surface area contributed by atoms with E-state index in [1.54, 1.807) is 27.7 Å². The molecule has 16 heavy (non-hydrogen) atoms. The second-order valence-corrected chi connectivity index (χ2v) is 4.76. The molecule has 0 atom stereocenters.